The SMILES string of the molecule is COc1cc(Nc2c(C#N)cnc3cc(OCCCN4C=CN(C)CC4)c(OC)cc23)c(Cl)cc1Cl. The van der Waals surface area contributed by atoms with E-state index in [2.05, 4.69) is 45.6 Å². The average molecular weight is 528 g/mol. The predicted molar refractivity (Wildman–Crippen MR) is 143 cm³/mol. The number of hydrogen-bond donors (Lipinski definition) is 1. The standard InChI is InChI=1S/C26H27Cl2N5O3/c1-32-6-8-33(9-7-32)5-4-10-36-25-13-21-18(11-24(25)35-3)26(17(15-29)16-30-21)31-22-14-23(34-2)20(28)12-19(22)27/h6,8,11-14,16H,4-5,7,9-10H2,1-3H3,(H,30,31). The number of benzene rings is 2. The Kier molecular flexibility index (Phi) is 8.14. The summed E-state index contributed by atoms with van der Waals surface area (Å²) in [5.41, 5.74) is 2.08. The number of ether oxygens (including phenoxy) is 3. The van der Waals surface area contributed by atoms with E-state index in [9.17, 15) is 5.26 Å². The summed E-state index contributed by atoms with van der Waals surface area (Å²) in [5.74, 6) is 1.59. The van der Waals surface area contributed by atoms with Crippen LogP contribution in [0.25, 0.3) is 10.9 Å². The summed E-state index contributed by atoms with van der Waals surface area (Å²) in [6, 6.07) is 9.09. The predicted octanol–water partition coefficient (Wildman–Crippen LogP) is 5.66. The van der Waals surface area contributed by atoms with Crippen molar-refractivity contribution in [3.63, 3.8) is 0 Å². The van der Waals surface area contributed by atoms with E-state index in [4.69, 9.17) is 37.4 Å². The second kappa shape index (κ2) is 11.5. The Bertz CT molecular complexity index is 1330. The van der Waals surface area contributed by atoms with Gasteiger partial charge < -0.3 is 29.3 Å². The zero-order chi connectivity index (χ0) is 25.7. The maximum atomic E-state index is 9.74. The number of nitrogens with zero attached hydrogens (tertiary/aromatic N) is 4. The van der Waals surface area contributed by atoms with Crippen molar-refractivity contribution in [2.24, 2.45) is 0 Å². The number of nitriles is 1. The molecule has 0 atom stereocenters. The van der Waals surface area contributed by atoms with Crippen LogP contribution in [0, 0.1) is 11.3 Å². The zero-order valence-electron chi connectivity index (χ0n) is 20.3. The molecule has 1 aromatic heterocycles. The molecule has 0 aliphatic carbocycles. The summed E-state index contributed by atoms with van der Waals surface area (Å²) in [4.78, 5) is 8.91. The van der Waals surface area contributed by atoms with Crippen molar-refractivity contribution in [2.75, 3.05) is 52.8 Å². The van der Waals surface area contributed by atoms with Crippen molar-refractivity contribution in [3.8, 4) is 23.3 Å². The van der Waals surface area contributed by atoms with Crippen molar-refractivity contribution in [2.45, 2.75) is 6.42 Å². The Morgan fingerprint density at radius 3 is 2.53 bits per heavy atom. The molecule has 188 valence electrons. The first kappa shape index (κ1) is 25.5. The molecule has 0 amide bonds. The topological polar surface area (TPSA) is 82.9 Å². The molecule has 36 heavy (non-hydrogen) atoms. The second-order valence-electron chi connectivity index (χ2n) is 8.29. The number of hydrogen-bond acceptors (Lipinski definition) is 8. The Balaban J connectivity index is 1.59. The Morgan fingerprint density at radius 2 is 1.83 bits per heavy atom. The summed E-state index contributed by atoms with van der Waals surface area (Å²) in [5, 5.41) is 14.5. The lowest BCUT2D eigenvalue weighted by atomic mass is 10.1. The van der Waals surface area contributed by atoms with Crippen LogP contribution in [0.4, 0.5) is 11.4 Å². The largest absolute Gasteiger partial charge is 0.495 e. The van der Waals surface area contributed by atoms with Gasteiger partial charge in [0.2, 0.25) is 0 Å². The molecule has 1 N–H and O–H groups in total. The molecular weight excluding hydrogens is 501 g/mol. The highest BCUT2D eigenvalue weighted by Gasteiger charge is 2.17. The number of likely N-dealkylation sites (N-methyl/N-ethyl adjacent to an activating group) is 1. The normalized spacial score (nSPS) is 13.0. The lowest BCUT2D eigenvalue weighted by molar-refractivity contribution is 0.244. The number of nitrogens with one attached hydrogen (secondary N) is 1. The van der Waals surface area contributed by atoms with Gasteiger partial charge in [-0.2, -0.15) is 5.26 Å². The van der Waals surface area contributed by atoms with Gasteiger partial charge in [-0.15, -0.1) is 0 Å². The van der Waals surface area contributed by atoms with Crippen molar-refractivity contribution >= 4 is 45.5 Å². The monoisotopic (exact) mass is 527 g/mol. The number of fused-ring (bicyclic) bond motifs is 1. The van der Waals surface area contributed by atoms with Crippen molar-refractivity contribution < 1.29 is 14.2 Å². The number of rotatable bonds is 9. The minimum atomic E-state index is 0.350. The number of methoxy groups -OCH3 is 2. The van der Waals surface area contributed by atoms with Crippen LogP contribution >= 0.6 is 23.2 Å². The third kappa shape index (κ3) is 5.64. The maximum Gasteiger partial charge on any atom is 0.163 e. The highest BCUT2D eigenvalue weighted by molar-refractivity contribution is 6.37. The van der Waals surface area contributed by atoms with E-state index in [0.717, 1.165) is 26.1 Å². The Morgan fingerprint density at radius 1 is 1.03 bits per heavy atom. The first-order valence-electron chi connectivity index (χ1n) is 11.4. The van der Waals surface area contributed by atoms with Gasteiger partial charge in [0.1, 0.15) is 11.8 Å². The lowest BCUT2D eigenvalue weighted by Gasteiger charge is -2.28. The van der Waals surface area contributed by atoms with Crippen LogP contribution in [0.5, 0.6) is 17.2 Å². The van der Waals surface area contributed by atoms with Gasteiger partial charge in [-0.05, 0) is 18.6 Å². The van der Waals surface area contributed by atoms with Gasteiger partial charge in [0.25, 0.3) is 0 Å². The number of anilines is 2. The molecule has 0 unspecified atom stereocenters. The lowest BCUT2D eigenvalue weighted by Crippen LogP contribution is -2.33. The first-order valence-corrected chi connectivity index (χ1v) is 12.2. The maximum absolute atomic E-state index is 9.74. The fourth-order valence-corrected chi connectivity index (χ4v) is 4.39. The quantitative estimate of drug-likeness (QED) is 0.356. The molecule has 1 aliphatic rings. The van der Waals surface area contributed by atoms with Crippen molar-refractivity contribution in [1.29, 1.82) is 5.26 Å². The molecule has 0 saturated carbocycles. The fraction of sp³-hybridized carbons (Fsp3) is 0.308. The molecule has 1 aliphatic heterocycles. The Hall–Kier alpha value is -3.54. The van der Waals surface area contributed by atoms with E-state index in [0.29, 0.717) is 61.7 Å². The van der Waals surface area contributed by atoms with E-state index < -0.39 is 0 Å². The fourth-order valence-electron chi connectivity index (χ4n) is 3.89. The summed E-state index contributed by atoms with van der Waals surface area (Å²) in [6.07, 6.45) is 6.56. The van der Waals surface area contributed by atoms with E-state index >= 15 is 0 Å². The molecular formula is C26H27Cl2N5O3. The van der Waals surface area contributed by atoms with Crippen LogP contribution in [-0.4, -0.2) is 62.3 Å². The van der Waals surface area contributed by atoms with Gasteiger partial charge in [0, 0.05) is 62.8 Å². The van der Waals surface area contributed by atoms with E-state index in [1.54, 1.807) is 19.2 Å². The van der Waals surface area contributed by atoms with Crippen LogP contribution in [0.2, 0.25) is 10.0 Å². The molecule has 0 fully saturated rings. The van der Waals surface area contributed by atoms with Crippen LogP contribution in [0.1, 0.15) is 12.0 Å². The molecule has 0 bridgehead atoms. The molecule has 2 aromatic carbocycles. The molecule has 4 rings (SSSR count). The number of aromatic nitrogens is 1. The zero-order valence-corrected chi connectivity index (χ0v) is 21.9. The van der Waals surface area contributed by atoms with Gasteiger partial charge in [0.15, 0.2) is 11.5 Å². The van der Waals surface area contributed by atoms with E-state index in [1.165, 1.54) is 13.3 Å². The summed E-state index contributed by atoms with van der Waals surface area (Å²) < 4.78 is 17.0. The Labute approximate surface area is 220 Å². The molecule has 2 heterocycles. The minimum Gasteiger partial charge on any atom is -0.495 e. The average Bonchev–Trinajstić information content (AvgIpc) is 2.88. The third-order valence-corrected chi connectivity index (χ3v) is 6.50. The summed E-state index contributed by atoms with van der Waals surface area (Å²) in [6.45, 7) is 3.44. The van der Waals surface area contributed by atoms with Crippen molar-refractivity contribution in [1.82, 2.24) is 14.8 Å². The van der Waals surface area contributed by atoms with Gasteiger partial charge in [0.05, 0.1) is 53.3 Å². The van der Waals surface area contributed by atoms with E-state index in [1.807, 2.05) is 12.1 Å². The number of halogens is 2. The molecule has 0 radical (unpaired) electrons. The highest BCUT2D eigenvalue weighted by Crippen LogP contribution is 2.40. The smallest absolute Gasteiger partial charge is 0.163 e. The molecule has 0 spiro atoms. The number of pyridine rings is 1. The first-order chi connectivity index (χ1) is 17.4. The van der Waals surface area contributed by atoms with Gasteiger partial charge in [-0.3, -0.25) is 4.98 Å². The molecule has 0 saturated heterocycles. The van der Waals surface area contributed by atoms with Gasteiger partial charge >= 0.3 is 0 Å². The van der Waals surface area contributed by atoms with Gasteiger partial charge in [-0.25, -0.2) is 0 Å². The molecule has 10 heteroatoms. The van der Waals surface area contributed by atoms with E-state index in [-0.39, 0.29) is 0 Å². The van der Waals surface area contributed by atoms with Crippen LogP contribution < -0.4 is 19.5 Å². The van der Waals surface area contributed by atoms with Crippen LogP contribution in [0.15, 0.2) is 42.9 Å². The van der Waals surface area contributed by atoms with Crippen LogP contribution in [-0.2, 0) is 0 Å². The minimum absolute atomic E-state index is 0.350. The second-order valence-corrected chi connectivity index (χ2v) is 9.10. The van der Waals surface area contributed by atoms with Gasteiger partial charge in [-0.1, -0.05) is 23.2 Å². The summed E-state index contributed by atoms with van der Waals surface area (Å²) >= 11 is 12.6. The summed E-state index contributed by atoms with van der Waals surface area (Å²) in [7, 11) is 5.17. The molecule has 3 aromatic rings. The van der Waals surface area contributed by atoms with Crippen LogP contribution in [0.3, 0.4) is 0 Å². The molecule has 8 nitrogen and oxygen atoms in total. The van der Waals surface area contributed by atoms with Crippen molar-refractivity contribution in [3.05, 3.63) is 58.5 Å². The third-order valence-electron chi connectivity index (χ3n) is 5.89. The highest BCUT2D eigenvalue weighted by atomic mass is 35.5.